The Bertz CT molecular complexity index is 997. The molecule has 3 aromatic carbocycles. The van der Waals surface area contributed by atoms with E-state index in [2.05, 4.69) is 11.4 Å². The summed E-state index contributed by atoms with van der Waals surface area (Å²) in [4.78, 5) is 12.8. The molecule has 150 valence electrons. The molecule has 0 radical (unpaired) electrons. The van der Waals surface area contributed by atoms with Crippen molar-refractivity contribution in [1.29, 1.82) is 0 Å². The number of ether oxygens (including phenoxy) is 2. The summed E-state index contributed by atoms with van der Waals surface area (Å²) < 4.78 is 11.5. The Morgan fingerprint density at radius 3 is 2.41 bits per heavy atom. The summed E-state index contributed by atoms with van der Waals surface area (Å²) in [6.45, 7) is 6.72. The minimum atomic E-state index is -0.179. The highest BCUT2D eigenvalue weighted by molar-refractivity contribution is 6.30. The molecule has 0 bridgehead atoms. The van der Waals surface area contributed by atoms with E-state index < -0.39 is 0 Å². The van der Waals surface area contributed by atoms with Gasteiger partial charge in [0, 0.05) is 21.8 Å². The van der Waals surface area contributed by atoms with Crippen molar-refractivity contribution in [3.05, 3.63) is 87.9 Å². The highest BCUT2D eigenvalue weighted by Gasteiger charge is 2.12. The molecule has 5 heteroatoms. The number of rotatable bonds is 7. The number of carbonyl (C=O) groups excluding carboxylic acids is 1. The Morgan fingerprint density at radius 1 is 0.966 bits per heavy atom. The molecule has 0 aliphatic heterocycles. The van der Waals surface area contributed by atoms with Gasteiger partial charge >= 0.3 is 0 Å². The molecule has 0 atom stereocenters. The van der Waals surface area contributed by atoms with Crippen LogP contribution in [0.15, 0.2) is 60.7 Å². The number of anilines is 1. The van der Waals surface area contributed by atoms with E-state index in [-0.39, 0.29) is 12.5 Å². The Hall–Kier alpha value is -2.98. The maximum absolute atomic E-state index is 12.8. The van der Waals surface area contributed by atoms with Crippen LogP contribution in [0, 0.1) is 13.8 Å². The molecule has 0 aliphatic rings. The molecule has 0 saturated carbocycles. The highest BCUT2D eigenvalue weighted by atomic mass is 35.5. The minimum Gasteiger partial charge on any atom is -0.493 e. The molecule has 29 heavy (non-hydrogen) atoms. The summed E-state index contributed by atoms with van der Waals surface area (Å²) in [5.41, 5.74) is 4.31. The second-order valence-electron chi connectivity index (χ2n) is 6.83. The first-order valence-electron chi connectivity index (χ1n) is 9.48. The molecular formula is C24H24ClNO3. The molecule has 0 aromatic heterocycles. The van der Waals surface area contributed by atoms with Crippen LogP contribution in [0.25, 0.3) is 0 Å². The third kappa shape index (κ3) is 5.75. The van der Waals surface area contributed by atoms with Gasteiger partial charge in [0.2, 0.25) is 0 Å². The number of amides is 1. The molecule has 4 nitrogen and oxygen atoms in total. The van der Waals surface area contributed by atoms with Crippen molar-refractivity contribution in [3.63, 3.8) is 0 Å². The van der Waals surface area contributed by atoms with Gasteiger partial charge in [-0.15, -0.1) is 0 Å². The fourth-order valence-corrected chi connectivity index (χ4v) is 3.28. The standard InChI is InChI=1S/C24H24ClNO3/c1-4-28-23-9-8-18(24(27)26-21-11-16(2)10-17(3)12-21)13-19(23)15-29-22-7-5-6-20(25)14-22/h5-14H,4,15H2,1-3H3,(H,26,27). The Kier molecular flexibility index (Phi) is 6.78. The summed E-state index contributed by atoms with van der Waals surface area (Å²) in [5, 5.41) is 3.57. The fraction of sp³-hybridized carbons (Fsp3) is 0.208. The smallest absolute Gasteiger partial charge is 0.255 e. The zero-order valence-corrected chi connectivity index (χ0v) is 17.5. The van der Waals surface area contributed by atoms with Crippen LogP contribution in [-0.4, -0.2) is 12.5 Å². The molecular weight excluding hydrogens is 386 g/mol. The first kappa shape index (κ1) is 20.7. The van der Waals surface area contributed by atoms with Crippen molar-refractivity contribution in [3.8, 4) is 11.5 Å². The molecule has 0 fully saturated rings. The van der Waals surface area contributed by atoms with E-state index in [1.54, 1.807) is 30.3 Å². The van der Waals surface area contributed by atoms with E-state index in [1.165, 1.54) is 0 Å². The number of hydrogen-bond donors (Lipinski definition) is 1. The van der Waals surface area contributed by atoms with E-state index in [4.69, 9.17) is 21.1 Å². The number of nitrogens with one attached hydrogen (secondary N) is 1. The van der Waals surface area contributed by atoms with Crippen molar-refractivity contribution in [2.75, 3.05) is 11.9 Å². The summed E-state index contributed by atoms with van der Waals surface area (Å²) in [6, 6.07) is 18.5. The van der Waals surface area contributed by atoms with Crippen molar-refractivity contribution in [1.82, 2.24) is 0 Å². The van der Waals surface area contributed by atoms with Gasteiger partial charge in [0.15, 0.2) is 0 Å². The number of aryl methyl sites for hydroxylation is 2. The third-order valence-electron chi connectivity index (χ3n) is 4.29. The monoisotopic (exact) mass is 409 g/mol. The minimum absolute atomic E-state index is 0.179. The number of halogens is 1. The average Bonchev–Trinajstić information content (AvgIpc) is 2.66. The predicted molar refractivity (Wildman–Crippen MR) is 117 cm³/mol. The summed E-state index contributed by atoms with van der Waals surface area (Å²) >= 11 is 6.02. The average molecular weight is 410 g/mol. The third-order valence-corrected chi connectivity index (χ3v) is 4.53. The van der Waals surface area contributed by atoms with Gasteiger partial charge < -0.3 is 14.8 Å². The summed E-state index contributed by atoms with van der Waals surface area (Å²) in [6.07, 6.45) is 0. The normalized spacial score (nSPS) is 10.5. The van der Waals surface area contributed by atoms with E-state index in [9.17, 15) is 4.79 Å². The lowest BCUT2D eigenvalue weighted by Crippen LogP contribution is -2.13. The van der Waals surface area contributed by atoms with Crippen LogP contribution in [0.1, 0.15) is 34.0 Å². The van der Waals surface area contributed by atoms with Crippen LogP contribution in [-0.2, 0) is 6.61 Å². The summed E-state index contributed by atoms with van der Waals surface area (Å²) in [5.74, 6) is 1.17. The molecule has 0 spiro atoms. The van der Waals surface area contributed by atoms with Gasteiger partial charge in [0.25, 0.3) is 5.91 Å². The van der Waals surface area contributed by atoms with Gasteiger partial charge in [-0.1, -0.05) is 23.7 Å². The van der Waals surface area contributed by atoms with Crippen LogP contribution >= 0.6 is 11.6 Å². The van der Waals surface area contributed by atoms with E-state index in [0.29, 0.717) is 28.7 Å². The Balaban J connectivity index is 1.80. The first-order valence-corrected chi connectivity index (χ1v) is 9.86. The zero-order chi connectivity index (χ0) is 20.8. The SMILES string of the molecule is CCOc1ccc(C(=O)Nc2cc(C)cc(C)c2)cc1COc1cccc(Cl)c1. The number of carbonyl (C=O) groups is 1. The Labute approximate surface area is 176 Å². The second kappa shape index (κ2) is 9.48. The van der Waals surface area contributed by atoms with Crippen LogP contribution in [0.3, 0.4) is 0 Å². The fourth-order valence-electron chi connectivity index (χ4n) is 3.10. The van der Waals surface area contributed by atoms with E-state index in [0.717, 1.165) is 22.4 Å². The lowest BCUT2D eigenvalue weighted by atomic mass is 10.1. The first-order chi connectivity index (χ1) is 13.9. The van der Waals surface area contributed by atoms with E-state index in [1.807, 2.05) is 45.0 Å². The largest absolute Gasteiger partial charge is 0.493 e. The van der Waals surface area contributed by atoms with Gasteiger partial charge in [0.05, 0.1) is 6.61 Å². The topological polar surface area (TPSA) is 47.6 Å². The highest BCUT2D eigenvalue weighted by Crippen LogP contribution is 2.25. The molecule has 3 aromatic rings. The maximum atomic E-state index is 12.8. The predicted octanol–water partition coefficient (Wildman–Crippen LogP) is 6.19. The van der Waals surface area contributed by atoms with Gasteiger partial charge in [-0.05, 0) is 80.4 Å². The molecule has 0 saturated heterocycles. The van der Waals surface area contributed by atoms with Crippen LogP contribution in [0.5, 0.6) is 11.5 Å². The van der Waals surface area contributed by atoms with Gasteiger partial charge in [-0.2, -0.15) is 0 Å². The van der Waals surface area contributed by atoms with Crippen molar-refractivity contribution < 1.29 is 14.3 Å². The van der Waals surface area contributed by atoms with Gasteiger partial charge in [-0.25, -0.2) is 0 Å². The molecule has 0 unspecified atom stereocenters. The van der Waals surface area contributed by atoms with Gasteiger partial charge in [-0.3, -0.25) is 4.79 Å². The van der Waals surface area contributed by atoms with Crippen molar-refractivity contribution in [2.24, 2.45) is 0 Å². The van der Waals surface area contributed by atoms with Crippen LogP contribution < -0.4 is 14.8 Å². The summed E-state index contributed by atoms with van der Waals surface area (Å²) in [7, 11) is 0. The lowest BCUT2D eigenvalue weighted by molar-refractivity contribution is 0.102. The maximum Gasteiger partial charge on any atom is 0.255 e. The second-order valence-corrected chi connectivity index (χ2v) is 7.27. The number of benzene rings is 3. The van der Waals surface area contributed by atoms with Crippen LogP contribution in [0.4, 0.5) is 5.69 Å². The zero-order valence-electron chi connectivity index (χ0n) is 16.8. The molecule has 0 heterocycles. The molecule has 1 amide bonds. The van der Waals surface area contributed by atoms with Crippen LogP contribution in [0.2, 0.25) is 5.02 Å². The molecule has 3 rings (SSSR count). The van der Waals surface area contributed by atoms with E-state index >= 15 is 0 Å². The van der Waals surface area contributed by atoms with Crippen molar-refractivity contribution >= 4 is 23.2 Å². The Morgan fingerprint density at radius 2 is 1.72 bits per heavy atom. The lowest BCUT2D eigenvalue weighted by Gasteiger charge is -2.14. The van der Waals surface area contributed by atoms with Crippen molar-refractivity contribution in [2.45, 2.75) is 27.4 Å². The molecule has 1 N–H and O–H groups in total. The number of hydrogen-bond acceptors (Lipinski definition) is 3. The van der Waals surface area contributed by atoms with Gasteiger partial charge in [0.1, 0.15) is 18.1 Å². The molecule has 0 aliphatic carbocycles. The quantitative estimate of drug-likeness (QED) is 0.506.